The number of nitrogens with one attached hydrogen (secondary N) is 2. The number of hydrogen-bond donors (Lipinski definition) is 2. The molecule has 3 nitrogen and oxygen atoms in total. The minimum absolute atomic E-state index is 0.0854. The van der Waals surface area contributed by atoms with Crippen LogP contribution in [0.1, 0.15) is 106 Å². The molecule has 0 aromatic heterocycles. The summed E-state index contributed by atoms with van der Waals surface area (Å²) in [5.41, 5.74) is 2.10. The van der Waals surface area contributed by atoms with Gasteiger partial charge in [0.2, 0.25) is 0 Å². The molecule has 0 bridgehead atoms. The zero-order valence-corrected chi connectivity index (χ0v) is 23.2. The van der Waals surface area contributed by atoms with Crippen LogP contribution >= 0.6 is 0 Å². The van der Waals surface area contributed by atoms with Gasteiger partial charge in [0.05, 0.1) is 0 Å². The minimum Gasteiger partial charge on any atom is -0.335 e. The quantitative estimate of drug-likeness (QED) is 0.412. The van der Waals surface area contributed by atoms with E-state index in [1.807, 2.05) is 0 Å². The van der Waals surface area contributed by atoms with E-state index in [9.17, 15) is 4.79 Å². The number of carbonyl (C=O) groups is 1. The maximum Gasteiger partial charge on any atom is 0.315 e. The number of urea groups is 1. The second-order valence-electron chi connectivity index (χ2n) is 14.9. The normalized spacial score (nSPS) is 49.5. The molecule has 5 rings (SSSR count). The maximum absolute atomic E-state index is 13.8. The molecular formula is C31H52N2O. The lowest BCUT2D eigenvalue weighted by Crippen LogP contribution is -2.62. The van der Waals surface area contributed by atoms with Crippen molar-refractivity contribution in [3.63, 3.8) is 0 Å². The number of fused-ring (bicyclic) bond motifs is 4. The first kappa shape index (κ1) is 24.7. The third kappa shape index (κ3) is 3.78. The summed E-state index contributed by atoms with van der Waals surface area (Å²) in [5.74, 6) is 5.42. The van der Waals surface area contributed by atoms with Crippen LogP contribution in [-0.2, 0) is 0 Å². The Morgan fingerprint density at radius 1 is 1.00 bits per heavy atom. The molecule has 10 atom stereocenters. The van der Waals surface area contributed by atoms with Crippen molar-refractivity contribution in [2.45, 2.75) is 118 Å². The van der Waals surface area contributed by atoms with Crippen LogP contribution in [0.15, 0.2) is 12.2 Å². The summed E-state index contributed by atoms with van der Waals surface area (Å²) in [6.07, 6.45) is 11.2. The van der Waals surface area contributed by atoms with Gasteiger partial charge in [0, 0.05) is 17.5 Å². The van der Waals surface area contributed by atoms with E-state index in [0.717, 1.165) is 36.5 Å². The van der Waals surface area contributed by atoms with Gasteiger partial charge in [0.1, 0.15) is 0 Å². The van der Waals surface area contributed by atoms with E-state index in [1.54, 1.807) is 0 Å². The molecule has 0 spiro atoms. The van der Waals surface area contributed by atoms with Gasteiger partial charge in [-0.15, -0.1) is 0 Å². The summed E-state index contributed by atoms with van der Waals surface area (Å²) in [5, 5.41) is 7.26. The maximum atomic E-state index is 13.8. The Labute approximate surface area is 209 Å². The predicted octanol–water partition coefficient (Wildman–Crippen LogP) is 7.57. The van der Waals surface area contributed by atoms with Crippen LogP contribution in [0.2, 0.25) is 0 Å². The summed E-state index contributed by atoms with van der Waals surface area (Å²) in [6.45, 7) is 21.6. The van der Waals surface area contributed by atoms with Crippen LogP contribution in [-0.4, -0.2) is 17.6 Å². The fourth-order valence-corrected chi connectivity index (χ4v) is 10.3. The van der Waals surface area contributed by atoms with E-state index in [4.69, 9.17) is 0 Å². The molecule has 5 fully saturated rings. The first-order valence-electron chi connectivity index (χ1n) is 14.7. The molecule has 0 unspecified atom stereocenters. The van der Waals surface area contributed by atoms with E-state index < -0.39 is 0 Å². The van der Waals surface area contributed by atoms with Gasteiger partial charge in [-0.05, 0) is 111 Å². The Hall–Kier alpha value is -0.990. The zero-order chi connectivity index (χ0) is 24.6. The summed E-state index contributed by atoms with van der Waals surface area (Å²) >= 11 is 0. The predicted molar refractivity (Wildman–Crippen MR) is 141 cm³/mol. The molecule has 2 N–H and O–H groups in total. The van der Waals surface area contributed by atoms with Crippen molar-refractivity contribution >= 4 is 6.03 Å². The van der Waals surface area contributed by atoms with Crippen LogP contribution in [0, 0.1) is 58.2 Å². The first-order valence-corrected chi connectivity index (χ1v) is 14.7. The van der Waals surface area contributed by atoms with Crippen LogP contribution in [0.5, 0.6) is 0 Å². The van der Waals surface area contributed by atoms with Crippen molar-refractivity contribution in [1.82, 2.24) is 10.6 Å². The van der Waals surface area contributed by atoms with Crippen LogP contribution in [0.4, 0.5) is 4.79 Å². The molecule has 0 radical (unpaired) electrons. The molecule has 0 aromatic rings. The van der Waals surface area contributed by atoms with E-state index in [2.05, 4.69) is 65.7 Å². The monoisotopic (exact) mass is 468 g/mol. The molecule has 5 aliphatic rings. The average Bonchev–Trinajstić information content (AvgIpc) is 3.10. The topological polar surface area (TPSA) is 41.1 Å². The summed E-state index contributed by atoms with van der Waals surface area (Å²) in [7, 11) is 0. The molecular weight excluding hydrogens is 416 g/mol. The highest BCUT2D eigenvalue weighted by atomic mass is 16.2. The van der Waals surface area contributed by atoms with Gasteiger partial charge in [-0.1, -0.05) is 60.1 Å². The smallest absolute Gasteiger partial charge is 0.315 e. The Kier molecular flexibility index (Phi) is 6.01. The Morgan fingerprint density at radius 2 is 1.74 bits per heavy atom. The van der Waals surface area contributed by atoms with Gasteiger partial charge in [-0.25, -0.2) is 4.79 Å². The van der Waals surface area contributed by atoms with Gasteiger partial charge >= 0.3 is 6.03 Å². The second kappa shape index (κ2) is 8.27. The van der Waals surface area contributed by atoms with E-state index >= 15 is 0 Å². The van der Waals surface area contributed by atoms with Gasteiger partial charge in [0.15, 0.2) is 0 Å². The molecule has 2 amide bonds. The highest BCUT2D eigenvalue weighted by molar-refractivity contribution is 5.75. The van der Waals surface area contributed by atoms with Crippen LogP contribution in [0.3, 0.4) is 0 Å². The third-order valence-electron chi connectivity index (χ3n) is 12.3. The number of amides is 2. The fourth-order valence-electron chi connectivity index (χ4n) is 10.3. The first-order chi connectivity index (χ1) is 15.9. The van der Waals surface area contributed by atoms with Crippen molar-refractivity contribution < 1.29 is 4.79 Å². The summed E-state index contributed by atoms with van der Waals surface area (Å²) in [4.78, 5) is 13.8. The molecule has 0 saturated heterocycles. The molecule has 0 aromatic carbocycles. The second-order valence-corrected chi connectivity index (χ2v) is 14.9. The van der Waals surface area contributed by atoms with Crippen LogP contribution < -0.4 is 10.6 Å². The van der Waals surface area contributed by atoms with E-state index in [0.29, 0.717) is 34.5 Å². The Balaban J connectivity index is 1.36. The molecule has 0 aliphatic heterocycles. The fraction of sp³-hybridized carbons (Fsp3) is 0.903. The zero-order valence-electron chi connectivity index (χ0n) is 23.2. The molecule has 3 heteroatoms. The van der Waals surface area contributed by atoms with E-state index in [-0.39, 0.29) is 17.6 Å². The lowest BCUT2D eigenvalue weighted by molar-refractivity contribution is 0.0248. The molecule has 0 heterocycles. The lowest BCUT2D eigenvalue weighted by atomic mass is 9.53. The summed E-state index contributed by atoms with van der Waals surface area (Å²) in [6, 6.07) is 0.306. The highest BCUT2D eigenvalue weighted by Gasteiger charge is 2.67. The van der Waals surface area contributed by atoms with Crippen molar-refractivity contribution in [1.29, 1.82) is 0 Å². The van der Waals surface area contributed by atoms with Gasteiger partial charge in [0.25, 0.3) is 0 Å². The van der Waals surface area contributed by atoms with Gasteiger partial charge in [-0.2, -0.15) is 0 Å². The SMILES string of the molecule is C=C1CCC[C@]2(C)CC[C@@H](C(C)C)[C@H](NC(=O)N[C@]3(C)CC[C@@H]4[C@H]([C@H]5[C@H](C)CC[C@H]53)C4(C)C)[C@@H]12. The third-order valence-corrected chi connectivity index (χ3v) is 12.3. The standard InChI is InChI=1S/C31H52N2O/c1-18(2)21-13-16-30(7)15-9-10-20(4)25(30)27(21)32-28(34)33-31(8)17-14-23-26(29(23,5)6)24-19(3)11-12-22(24)31/h18-19,21-27H,4,9-17H2,1-3,5-8H3,(H2,32,33,34)/t19-,21+,22-,23-,24+,25-,26-,27+,30-,31-/m1/s1. The molecule has 5 aliphatic carbocycles. The number of rotatable bonds is 3. The van der Waals surface area contributed by atoms with Crippen molar-refractivity contribution in [2.24, 2.45) is 58.2 Å². The van der Waals surface area contributed by atoms with Gasteiger partial charge in [-0.3, -0.25) is 0 Å². The number of carbonyl (C=O) groups excluding carboxylic acids is 1. The lowest BCUT2D eigenvalue weighted by Gasteiger charge is -2.54. The van der Waals surface area contributed by atoms with Crippen molar-refractivity contribution in [2.75, 3.05) is 0 Å². The minimum atomic E-state index is -0.0854. The average molecular weight is 469 g/mol. The Bertz CT molecular complexity index is 831. The van der Waals surface area contributed by atoms with Crippen LogP contribution in [0.25, 0.3) is 0 Å². The van der Waals surface area contributed by atoms with Crippen molar-refractivity contribution in [3.05, 3.63) is 12.2 Å². The Morgan fingerprint density at radius 3 is 2.44 bits per heavy atom. The van der Waals surface area contributed by atoms with E-state index in [1.165, 1.54) is 50.5 Å². The van der Waals surface area contributed by atoms with Crippen molar-refractivity contribution in [3.8, 4) is 0 Å². The largest absolute Gasteiger partial charge is 0.335 e. The molecule has 192 valence electrons. The molecule has 5 saturated carbocycles. The highest BCUT2D eigenvalue weighted by Crippen LogP contribution is 2.71. The molecule has 34 heavy (non-hydrogen) atoms. The number of hydrogen-bond acceptors (Lipinski definition) is 1. The summed E-state index contributed by atoms with van der Waals surface area (Å²) < 4.78 is 0. The van der Waals surface area contributed by atoms with Gasteiger partial charge < -0.3 is 10.6 Å².